The maximum absolute atomic E-state index is 12.7. The van der Waals surface area contributed by atoms with E-state index in [1.54, 1.807) is 6.07 Å². The van der Waals surface area contributed by atoms with Crippen LogP contribution in [0.15, 0.2) is 18.2 Å². The number of likely N-dealkylation sites (tertiary alicyclic amines) is 1. The normalized spacial score (nSPS) is 18.2. The van der Waals surface area contributed by atoms with Crippen LogP contribution in [-0.2, 0) is 7.05 Å². The molecule has 0 saturated carbocycles. The molecule has 3 heterocycles. The van der Waals surface area contributed by atoms with Crippen molar-refractivity contribution in [2.45, 2.75) is 25.7 Å². The molecule has 1 unspecified atom stereocenters. The third kappa shape index (κ3) is 2.86. The molecule has 7 nitrogen and oxygen atoms in total. The number of H-pyrrole nitrogens is 1. The van der Waals surface area contributed by atoms with Crippen molar-refractivity contribution < 1.29 is 9.59 Å². The quantitative estimate of drug-likeness (QED) is 0.890. The number of primary amides is 1. The zero-order chi connectivity index (χ0) is 16.6. The molecule has 0 spiro atoms. The minimum Gasteiger partial charge on any atom is -0.364 e. The van der Waals surface area contributed by atoms with Gasteiger partial charge in [0.2, 0.25) is 0 Å². The smallest absolute Gasteiger partial charge is 0.270 e. The lowest BCUT2D eigenvalue weighted by atomic mass is 9.94. The summed E-state index contributed by atoms with van der Waals surface area (Å²) in [5, 5.41) is 6.81. The van der Waals surface area contributed by atoms with Crippen molar-refractivity contribution in [2.75, 3.05) is 13.1 Å². The van der Waals surface area contributed by atoms with E-state index in [0.717, 1.165) is 30.8 Å². The standard InChI is InChI=1S/C16H21N5O2/c1-10-5-6-14(20(10)2)16(23)21-7-3-4-11(9-21)12-8-13(15(17)22)19-18-12/h5-6,8,11H,3-4,7,9H2,1-2H3,(H2,17,22)(H,18,19). The third-order valence-electron chi connectivity index (χ3n) is 4.59. The molecule has 0 bridgehead atoms. The fraction of sp³-hybridized carbons (Fsp3) is 0.438. The molecule has 122 valence electrons. The van der Waals surface area contributed by atoms with Crippen molar-refractivity contribution >= 4 is 11.8 Å². The Bertz CT molecular complexity index is 745. The van der Waals surface area contributed by atoms with Gasteiger partial charge in [0, 0.05) is 37.4 Å². The van der Waals surface area contributed by atoms with Crippen molar-refractivity contribution in [3.05, 3.63) is 41.0 Å². The number of aromatic amines is 1. The molecule has 2 aromatic heterocycles. The van der Waals surface area contributed by atoms with E-state index in [1.807, 2.05) is 35.6 Å². The van der Waals surface area contributed by atoms with Crippen molar-refractivity contribution in [2.24, 2.45) is 12.8 Å². The summed E-state index contributed by atoms with van der Waals surface area (Å²) in [4.78, 5) is 25.8. The van der Waals surface area contributed by atoms with Gasteiger partial charge in [0.1, 0.15) is 11.4 Å². The second-order valence-electron chi connectivity index (χ2n) is 6.08. The number of nitrogens with zero attached hydrogens (tertiary/aromatic N) is 3. The Morgan fingerprint density at radius 1 is 1.39 bits per heavy atom. The molecule has 0 radical (unpaired) electrons. The van der Waals surface area contributed by atoms with Gasteiger partial charge in [0.05, 0.1) is 0 Å². The summed E-state index contributed by atoms with van der Waals surface area (Å²) >= 11 is 0. The van der Waals surface area contributed by atoms with Gasteiger partial charge in [-0.3, -0.25) is 14.7 Å². The molecular formula is C16H21N5O2. The first-order valence-corrected chi connectivity index (χ1v) is 7.74. The molecule has 1 atom stereocenters. The highest BCUT2D eigenvalue weighted by molar-refractivity contribution is 5.93. The summed E-state index contributed by atoms with van der Waals surface area (Å²) in [5.41, 5.74) is 8.09. The van der Waals surface area contributed by atoms with E-state index in [0.29, 0.717) is 12.2 Å². The van der Waals surface area contributed by atoms with E-state index in [9.17, 15) is 9.59 Å². The molecule has 1 saturated heterocycles. The van der Waals surface area contributed by atoms with Crippen LogP contribution in [0.4, 0.5) is 0 Å². The van der Waals surface area contributed by atoms with Crippen LogP contribution in [0.1, 0.15) is 51.1 Å². The van der Waals surface area contributed by atoms with Crippen LogP contribution >= 0.6 is 0 Å². The summed E-state index contributed by atoms with van der Waals surface area (Å²) in [5.74, 6) is -0.356. The van der Waals surface area contributed by atoms with E-state index in [1.165, 1.54) is 0 Å². The van der Waals surface area contributed by atoms with E-state index >= 15 is 0 Å². The Morgan fingerprint density at radius 3 is 2.78 bits per heavy atom. The van der Waals surface area contributed by atoms with Crippen LogP contribution in [0, 0.1) is 6.92 Å². The summed E-state index contributed by atoms with van der Waals surface area (Å²) in [7, 11) is 1.90. The second kappa shape index (κ2) is 5.91. The van der Waals surface area contributed by atoms with Gasteiger partial charge < -0.3 is 15.2 Å². The number of piperidine rings is 1. The molecule has 2 aromatic rings. The van der Waals surface area contributed by atoms with E-state index < -0.39 is 5.91 Å². The molecule has 0 aromatic carbocycles. The van der Waals surface area contributed by atoms with E-state index in [-0.39, 0.29) is 17.5 Å². The molecule has 23 heavy (non-hydrogen) atoms. The molecule has 3 N–H and O–H groups in total. The number of nitrogens with one attached hydrogen (secondary N) is 1. The highest BCUT2D eigenvalue weighted by Crippen LogP contribution is 2.27. The molecule has 0 aliphatic carbocycles. The Labute approximate surface area is 134 Å². The van der Waals surface area contributed by atoms with Gasteiger partial charge in [-0.15, -0.1) is 0 Å². The van der Waals surface area contributed by atoms with Gasteiger partial charge in [0.15, 0.2) is 0 Å². The predicted molar refractivity (Wildman–Crippen MR) is 85.1 cm³/mol. The Kier molecular flexibility index (Phi) is 3.94. The van der Waals surface area contributed by atoms with Crippen LogP contribution in [0.2, 0.25) is 0 Å². The van der Waals surface area contributed by atoms with Gasteiger partial charge in [-0.05, 0) is 38.0 Å². The zero-order valence-corrected chi connectivity index (χ0v) is 13.4. The number of carbonyl (C=O) groups is 2. The molecule has 7 heteroatoms. The molecular weight excluding hydrogens is 294 g/mol. The van der Waals surface area contributed by atoms with Gasteiger partial charge in [-0.1, -0.05) is 0 Å². The van der Waals surface area contributed by atoms with Crippen molar-refractivity contribution in [3.8, 4) is 0 Å². The van der Waals surface area contributed by atoms with Gasteiger partial charge >= 0.3 is 0 Å². The van der Waals surface area contributed by atoms with Crippen LogP contribution in [0.5, 0.6) is 0 Å². The summed E-state index contributed by atoms with van der Waals surface area (Å²) < 4.78 is 1.91. The topological polar surface area (TPSA) is 97.0 Å². The van der Waals surface area contributed by atoms with Gasteiger partial charge in [-0.2, -0.15) is 5.10 Å². The summed E-state index contributed by atoms with van der Waals surface area (Å²) in [6.45, 7) is 3.34. The number of aromatic nitrogens is 3. The largest absolute Gasteiger partial charge is 0.364 e. The lowest BCUT2D eigenvalue weighted by molar-refractivity contribution is 0.0695. The molecule has 2 amide bonds. The van der Waals surface area contributed by atoms with Crippen molar-refractivity contribution in [3.63, 3.8) is 0 Å². The zero-order valence-electron chi connectivity index (χ0n) is 13.4. The Balaban J connectivity index is 1.76. The van der Waals surface area contributed by atoms with Crippen LogP contribution < -0.4 is 5.73 Å². The maximum Gasteiger partial charge on any atom is 0.270 e. The second-order valence-corrected chi connectivity index (χ2v) is 6.08. The number of hydrogen-bond acceptors (Lipinski definition) is 3. The number of hydrogen-bond donors (Lipinski definition) is 2. The first kappa shape index (κ1) is 15.3. The number of carbonyl (C=O) groups excluding carboxylic acids is 2. The van der Waals surface area contributed by atoms with Crippen LogP contribution in [0.25, 0.3) is 0 Å². The number of amides is 2. The fourth-order valence-electron chi connectivity index (χ4n) is 3.08. The first-order chi connectivity index (χ1) is 11.0. The minimum atomic E-state index is -0.546. The first-order valence-electron chi connectivity index (χ1n) is 7.74. The average molecular weight is 315 g/mol. The van der Waals surface area contributed by atoms with E-state index in [4.69, 9.17) is 5.73 Å². The molecule has 1 aliphatic heterocycles. The predicted octanol–water partition coefficient (Wildman–Crippen LogP) is 1.18. The monoisotopic (exact) mass is 315 g/mol. The average Bonchev–Trinajstić information content (AvgIpc) is 3.15. The van der Waals surface area contributed by atoms with Gasteiger partial charge in [-0.25, -0.2) is 0 Å². The SMILES string of the molecule is Cc1ccc(C(=O)N2CCCC(c3cc(C(N)=O)n[nH]3)C2)n1C. The lowest BCUT2D eigenvalue weighted by Gasteiger charge is -2.32. The highest BCUT2D eigenvalue weighted by atomic mass is 16.2. The number of nitrogens with two attached hydrogens (primary N) is 1. The fourth-order valence-corrected chi connectivity index (χ4v) is 3.08. The van der Waals surface area contributed by atoms with Crippen LogP contribution in [0.3, 0.4) is 0 Å². The summed E-state index contributed by atoms with van der Waals surface area (Å²) in [6, 6.07) is 5.50. The summed E-state index contributed by atoms with van der Waals surface area (Å²) in [6.07, 6.45) is 1.88. The molecule has 1 fully saturated rings. The number of aryl methyl sites for hydroxylation is 1. The lowest BCUT2D eigenvalue weighted by Crippen LogP contribution is -2.40. The molecule has 3 rings (SSSR count). The van der Waals surface area contributed by atoms with Crippen LogP contribution in [-0.4, -0.2) is 44.6 Å². The Hall–Kier alpha value is -2.57. The van der Waals surface area contributed by atoms with E-state index in [2.05, 4.69) is 10.2 Å². The van der Waals surface area contributed by atoms with Crippen molar-refractivity contribution in [1.82, 2.24) is 19.7 Å². The Morgan fingerprint density at radius 2 is 2.17 bits per heavy atom. The van der Waals surface area contributed by atoms with Gasteiger partial charge in [0.25, 0.3) is 11.8 Å². The molecule has 1 aliphatic rings. The maximum atomic E-state index is 12.7. The highest BCUT2D eigenvalue weighted by Gasteiger charge is 2.28. The number of rotatable bonds is 3. The minimum absolute atomic E-state index is 0.0416. The third-order valence-corrected chi connectivity index (χ3v) is 4.59. The van der Waals surface area contributed by atoms with Crippen molar-refractivity contribution in [1.29, 1.82) is 0 Å².